The molecule has 3 rings (SSSR count). The molecule has 1 saturated heterocycles. The summed E-state index contributed by atoms with van der Waals surface area (Å²) >= 11 is 0. The fraction of sp³-hybridized carbons (Fsp3) is 0.308. The Balaban J connectivity index is 1.74. The Morgan fingerprint density at radius 3 is 3.05 bits per heavy atom. The van der Waals surface area contributed by atoms with Gasteiger partial charge in [0.1, 0.15) is 11.7 Å². The van der Waals surface area contributed by atoms with Crippen LogP contribution in [0.1, 0.15) is 24.1 Å². The lowest BCUT2D eigenvalue weighted by molar-refractivity contribution is -0.130. The van der Waals surface area contributed by atoms with Crippen molar-refractivity contribution >= 4 is 11.6 Å². The summed E-state index contributed by atoms with van der Waals surface area (Å²) in [7, 11) is 0. The van der Waals surface area contributed by atoms with Crippen molar-refractivity contribution in [1.82, 2.24) is 19.8 Å². The summed E-state index contributed by atoms with van der Waals surface area (Å²) in [5.74, 6) is 0.135. The number of hydrazine groups is 1. The van der Waals surface area contributed by atoms with E-state index in [1.165, 1.54) is 0 Å². The molecule has 0 aliphatic carbocycles. The van der Waals surface area contributed by atoms with Gasteiger partial charge in [0.2, 0.25) is 5.91 Å². The highest BCUT2D eigenvalue weighted by molar-refractivity contribution is 5.77. The summed E-state index contributed by atoms with van der Waals surface area (Å²) in [5.41, 5.74) is 5.31. The SMILES string of the molecule is N#Cc1ccc2nc(CNN3CCCC3=O)cn2c1. The number of nitriles is 1. The third-order valence-electron chi connectivity index (χ3n) is 3.15. The number of carbonyl (C=O) groups excluding carboxylic acids is 1. The minimum atomic E-state index is 0.135. The zero-order valence-corrected chi connectivity index (χ0v) is 10.3. The predicted octanol–water partition coefficient (Wildman–Crippen LogP) is 0.833. The van der Waals surface area contributed by atoms with E-state index in [2.05, 4.69) is 16.5 Å². The second kappa shape index (κ2) is 4.71. The third-order valence-corrected chi connectivity index (χ3v) is 3.15. The largest absolute Gasteiger partial charge is 0.305 e. The van der Waals surface area contributed by atoms with Crippen LogP contribution in [0.3, 0.4) is 0 Å². The molecule has 2 aromatic heterocycles. The van der Waals surface area contributed by atoms with Crippen molar-refractivity contribution < 1.29 is 4.79 Å². The average Bonchev–Trinajstić information content (AvgIpc) is 3.01. The van der Waals surface area contributed by atoms with Crippen LogP contribution in [0.4, 0.5) is 0 Å². The van der Waals surface area contributed by atoms with Crippen molar-refractivity contribution in [2.75, 3.05) is 6.54 Å². The molecular formula is C13H13N5O. The van der Waals surface area contributed by atoms with Crippen molar-refractivity contribution in [2.24, 2.45) is 0 Å². The second-order valence-electron chi connectivity index (χ2n) is 4.51. The topological polar surface area (TPSA) is 73.4 Å². The van der Waals surface area contributed by atoms with E-state index in [0.29, 0.717) is 18.5 Å². The van der Waals surface area contributed by atoms with E-state index >= 15 is 0 Å². The first-order valence-electron chi connectivity index (χ1n) is 6.18. The highest BCUT2D eigenvalue weighted by Gasteiger charge is 2.19. The molecule has 3 heterocycles. The second-order valence-corrected chi connectivity index (χ2v) is 4.51. The molecule has 0 aromatic carbocycles. The number of fused-ring (bicyclic) bond motifs is 1. The smallest absolute Gasteiger partial charge is 0.236 e. The van der Waals surface area contributed by atoms with Crippen molar-refractivity contribution in [3.63, 3.8) is 0 Å². The number of hydrogen-bond acceptors (Lipinski definition) is 4. The average molecular weight is 255 g/mol. The van der Waals surface area contributed by atoms with Gasteiger partial charge in [0.25, 0.3) is 0 Å². The van der Waals surface area contributed by atoms with E-state index in [-0.39, 0.29) is 5.91 Å². The molecule has 1 amide bonds. The maximum atomic E-state index is 11.5. The Labute approximate surface area is 110 Å². The van der Waals surface area contributed by atoms with Crippen molar-refractivity contribution in [1.29, 1.82) is 5.26 Å². The van der Waals surface area contributed by atoms with Gasteiger partial charge in [-0.05, 0) is 18.6 Å². The van der Waals surface area contributed by atoms with Crippen LogP contribution >= 0.6 is 0 Å². The van der Waals surface area contributed by atoms with Gasteiger partial charge >= 0.3 is 0 Å². The molecule has 1 aliphatic heterocycles. The highest BCUT2D eigenvalue weighted by atomic mass is 16.2. The first kappa shape index (κ1) is 11.7. The number of aromatic nitrogens is 2. The number of rotatable bonds is 3. The first-order valence-corrected chi connectivity index (χ1v) is 6.18. The minimum absolute atomic E-state index is 0.135. The molecule has 0 saturated carbocycles. The standard InChI is InChI=1S/C13H13N5O/c14-6-10-3-4-12-16-11(9-17(12)8-10)7-15-18-5-1-2-13(18)19/h3-4,8-9,15H,1-2,5,7H2. The molecular weight excluding hydrogens is 242 g/mol. The highest BCUT2D eigenvalue weighted by Crippen LogP contribution is 2.09. The molecule has 6 heteroatoms. The van der Waals surface area contributed by atoms with Gasteiger partial charge in [0.15, 0.2) is 0 Å². The number of carbonyl (C=O) groups is 1. The summed E-state index contributed by atoms with van der Waals surface area (Å²) < 4.78 is 1.82. The van der Waals surface area contributed by atoms with Crippen molar-refractivity contribution in [2.45, 2.75) is 19.4 Å². The Hall–Kier alpha value is -2.39. The maximum Gasteiger partial charge on any atom is 0.236 e. The lowest BCUT2D eigenvalue weighted by Crippen LogP contribution is -2.38. The Morgan fingerprint density at radius 1 is 1.42 bits per heavy atom. The molecule has 96 valence electrons. The van der Waals surface area contributed by atoms with Gasteiger partial charge in [-0.3, -0.25) is 9.80 Å². The number of amides is 1. The van der Waals surface area contributed by atoms with E-state index in [4.69, 9.17) is 5.26 Å². The van der Waals surface area contributed by atoms with E-state index < -0.39 is 0 Å². The van der Waals surface area contributed by atoms with Crippen LogP contribution in [0.15, 0.2) is 24.5 Å². The molecule has 0 spiro atoms. The van der Waals surface area contributed by atoms with E-state index in [1.54, 1.807) is 17.3 Å². The fourth-order valence-corrected chi connectivity index (χ4v) is 2.19. The van der Waals surface area contributed by atoms with Crippen molar-refractivity contribution in [3.05, 3.63) is 35.8 Å². The molecule has 0 bridgehead atoms. The maximum absolute atomic E-state index is 11.5. The molecule has 2 aromatic rings. The monoisotopic (exact) mass is 255 g/mol. The Kier molecular flexibility index (Phi) is 2.89. The van der Waals surface area contributed by atoms with Gasteiger partial charge in [-0.15, -0.1) is 0 Å². The van der Waals surface area contributed by atoms with Gasteiger partial charge in [0, 0.05) is 25.4 Å². The first-order chi connectivity index (χ1) is 9.26. The summed E-state index contributed by atoms with van der Waals surface area (Å²) in [4.78, 5) is 15.9. The third kappa shape index (κ3) is 2.28. The molecule has 1 aliphatic rings. The number of hydrogen-bond donors (Lipinski definition) is 1. The van der Waals surface area contributed by atoms with Gasteiger partial charge in [0.05, 0.1) is 17.8 Å². The fourth-order valence-electron chi connectivity index (χ4n) is 2.19. The molecule has 0 radical (unpaired) electrons. The lowest BCUT2D eigenvalue weighted by Gasteiger charge is -2.15. The molecule has 0 unspecified atom stereocenters. The van der Waals surface area contributed by atoms with E-state index in [0.717, 1.165) is 24.3 Å². The number of pyridine rings is 1. The van der Waals surface area contributed by atoms with Crippen LogP contribution in [-0.2, 0) is 11.3 Å². The van der Waals surface area contributed by atoms with Gasteiger partial charge in [-0.25, -0.2) is 10.4 Å². The lowest BCUT2D eigenvalue weighted by atomic mass is 10.3. The summed E-state index contributed by atoms with van der Waals surface area (Å²) in [6.07, 6.45) is 5.13. The van der Waals surface area contributed by atoms with Crippen LogP contribution in [-0.4, -0.2) is 26.8 Å². The van der Waals surface area contributed by atoms with Crippen LogP contribution in [0.2, 0.25) is 0 Å². The molecule has 19 heavy (non-hydrogen) atoms. The molecule has 0 atom stereocenters. The van der Waals surface area contributed by atoms with Crippen LogP contribution in [0, 0.1) is 11.3 Å². The number of nitrogens with one attached hydrogen (secondary N) is 1. The van der Waals surface area contributed by atoms with E-state index in [9.17, 15) is 4.79 Å². The number of imidazole rings is 1. The Bertz CT molecular complexity index is 669. The summed E-state index contributed by atoms with van der Waals surface area (Å²) in [5, 5.41) is 10.5. The normalized spacial score (nSPS) is 15.1. The van der Waals surface area contributed by atoms with E-state index in [1.807, 2.05) is 16.7 Å². The van der Waals surface area contributed by atoms with Crippen molar-refractivity contribution in [3.8, 4) is 6.07 Å². The van der Waals surface area contributed by atoms with Gasteiger partial charge in [-0.2, -0.15) is 5.26 Å². The molecule has 1 N–H and O–H groups in total. The van der Waals surface area contributed by atoms with Gasteiger partial charge in [-0.1, -0.05) is 0 Å². The van der Waals surface area contributed by atoms with Crippen LogP contribution < -0.4 is 5.43 Å². The zero-order valence-electron chi connectivity index (χ0n) is 10.3. The van der Waals surface area contributed by atoms with Gasteiger partial charge < -0.3 is 4.40 Å². The minimum Gasteiger partial charge on any atom is -0.305 e. The quantitative estimate of drug-likeness (QED) is 0.881. The van der Waals surface area contributed by atoms with Crippen LogP contribution in [0.25, 0.3) is 5.65 Å². The number of nitrogens with zero attached hydrogens (tertiary/aromatic N) is 4. The van der Waals surface area contributed by atoms with Crippen LogP contribution in [0.5, 0.6) is 0 Å². The summed E-state index contributed by atoms with van der Waals surface area (Å²) in [6, 6.07) is 5.64. The predicted molar refractivity (Wildman–Crippen MR) is 67.7 cm³/mol. The zero-order chi connectivity index (χ0) is 13.2. The summed E-state index contributed by atoms with van der Waals surface area (Å²) in [6.45, 7) is 1.26. The Morgan fingerprint density at radius 2 is 2.32 bits per heavy atom. The molecule has 1 fully saturated rings. The molecule has 6 nitrogen and oxygen atoms in total.